The second-order valence-corrected chi connectivity index (χ2v) is 6.77. The van der Waals surface area contributed by atoms with Gasteiger partial charge in [0.1, 0.15) is 0 Å². The summed E-state index contributed by atoms with van der Waals surface area (Å²) in [5.74, 6) is 0. The third kappa shape index (κ3) is 2.91. The third-order valence-electron chi connectivity index (χ3n) is 4.70. The van der Waals surface area contributed by atoms with Crippen molar-refractivity contribution in [2.45, 2.75) is 12.1 Å². The Labute approximate surface area is 169 Å². The van der Waals surface area contributed by atoms with Crippen LogP contribution in [-0.4, -0.2) is 16.0 Å². The van der Waals surface area contributed by atoms with E-state index < -0.39 is 0 Å². The summed E-state index contributed by atoms with van der Waals surface area (Å²) < 4.78 is 5.73. The number of nitrogens with one attached hydrogen (secondary N) is 2. The standard InChI is InChI=1S/C19H16Br2N4O/c20-22-24(17-11-9-13-5-1-3-7-15(13)17)19(26)25(23-21)18-12-10-14-6-2-4-8-16(14)18/h1-12,17-18,22-23H. The number of nitrogens with zero attached hydrogens (tertiary/aromatic N) is 2. The molecule has 132 valence electrons. The molecule has 2 aliphatic carbocycles. The van der Waals surface area contributed by atoms with Gasteiger partial charge in [0.05, 0.1) is 12.1 Å². The fourth-order valence-corrected chi connectivity index (χ4v) is 4.19. The summed E-state index contributed by atoms with van der Waals surface area (Å²) in [6.45, 7) is 0. The molecule has 26 heavy (non-hydrogen) atoms. The molecule has 0 spiro atoms. The topological polar surface area (TPSA) is 47.6 Å². The Morgan fingerprint density at radius 1 is 0.769 bits per heavy atom. The maximum Gasteiger partial charge on any atom is 0.351 e. The molecule has 2 unspecified atom stereocenters. The van der Waals surface area contributed by atoms with Gasteiger partial charge in [-0.3, -0.25) is 0 Å². The van der Waals surface area contributed by atoms with Crippen molar-refractivity contribution in [3.8, 4) is 0 Å². The van der Waals surface area contributed by atoms with E-state index in [1.165, 1.54) is 0 Å². The maximum absolute atomic E-state index is 13.3. The summed E-state index contributed by atoms with van der Waals surface area (Å²) in [7, 11) is 0. The van der Waals surface area contributed by atoms with E-state index in [0.717, 1.165) is 22.3 Å². The predicted octanol–water partition coefficient (Wildman–Crippen LogP) is 4.88. The maximum atomic E-state index is 13.3. The molecule has 0 saturated heterocycles. The number of benzene rings is 2. The van der Waals surface area contributed by atoms with Crippen molar-refractivity contribution in [2.24, 2.45) is 0 Å². The zero-order valence-corrected chi connectivity index (χ0v) is 16.8. The fourth-order valence-electron chi connectivity index (χ4n) is 3.44. The van der Waals surface area contributed by atoms with Gasteiger partial charge in [-0.15, -0.1) is 0 Å². The minimum Gasteiger partial charge on any atom is -0.245 e. The molecule has 7 heteroatoms. The molecular formula is C19H16Br2N4O. The highest BCUT2D eigenvalue weighted by atomic mass is 79.9. The highest BCUT2D eigenvalue weighted by Crippen LogP contribution is 2.36. The Morgan fingerprint density at radius 3 is 1.62 bits per heavy atom. The van der Waals surface area contributed by atoms with Gasteiger partial charge < -0.3 is 0 Å². The van der Waals surface area contributed by atoms with Gasteiger partial charge in [0.25, 0.3) is 0 Å². The normalized spacial score (nSPS) is 19.3. The number of halogens is 2. The number of carbonyl (C=O) groups excluding carboxylic acids is 1. The van der Waals surface area contributed by atoms with Crippen LogP contribution in [0.15, 0.2) is 60.7 Å². The van der Waals surface area contributed by atoms with Crippen molar-refractivity contribution in [2.75, 3.05) is 0 Å². The van der Waals surface area contributed by atoms with Crippen LogP contribution < -0.4 is 8.90 Å². The molecule has 0 heterocycles. The van der Waals surface area contributed by atoms with Gasteiger partial charge in [-0.1, -0.05) is 72.8 Å². The number of urea groups is 1. The van der Waals surface area contributed by atoms with Gasteiger partial charge in [-0.05, 0) is 22.3 Å². The zero-order chi connectivity index (χ0) is 18.1. The van der Waals surface area contributed by atoms with Crippen LogP contribution in [0.25, 0.3) is 12.2 Å². The van der Waals surface area contributed by atoms with E-state index in [1.54, 1.807) is 10.0 Å². The number of hydrazine groups is 2. The summed E-state index contributed by atoms with van der Waals surface area (Å²) in [5.41, 5.74) is 4.37. The van der Waals surface area contributed by atoms with Gasteiger partial charge in [-0.2, -0.15) is 8.90 Å². The number of hydrogen-bond donors (Lipinski definition) is 2. The van der Waals surface area contributed by atoms with Crippen LogP contribution in [0.1, 0.15) is 34.3 Å². The number of amides is 2. The smallest absolute Gasteiger partial charge is 0.245 e. The number of hydrogen-bond acceptors (Lipinski definition) is 3. The second kappa shape index (κ2) is 7.36. The lowest BCUT2D eigenvalue weighted by molar-refractivity contribution is 0.119. The molecule has 0 aromatic heterocycles. The van der Waals surface area contributed by atoms with E-state index in [2.05, 4.69) is 41.2 Å². The first-order chi connectivity index (χ1) is 12.7. The van der Waals surface area contributed by atoms with Gasteiger partial charge in [0, 0.05) is 32.3 Å². The summed E-state index contributed by atoms with van der Waals surface area (Å²) in [6.07, 6.45) is 8.06. The van der Waals surface area contributed by atoms with Gasteiger partial charge >= 0.3 is 6.03 Å². The lowest BCUT2D eigenvalue weighted by Crippen LogP contribution is -2.51. The third-order valence-corrected chi connectivity index (χ3v) is 5.46. The van der Waals surface area contributed by atoms with Crippen LogP contribution in [-0.2, 0) is 0 Å². The Bertz CT molecular complexity index is 827. The Hall–Kier alpha value is -1.93. The average molecular weight is 476 g/mol. The van der Waals surface area contributed by atoms with Crippen molar-refractivity contribution in [3.63, 3.8) is 0 Å². The van der Waals surface area contributed by atoms with Crippen molar-refractivity contribution < 1.29 is 4.79 Å². The molecule has 0 radical (unpaired) electrons. The van der Waals surface area contributed by atoms with Crippen LogP contribution in [0.5, 0.6) is 0 Å². The van der Waals surface area contributed by atoms with Crippen molar-refractivity contribution in [1.29, 1.82) is 0 Å². The van der Waals surface area contributed by atoms with E-state index in [0.29, 0.717) is 0 Å². The molecule has 0 fully saturated rings. The molecule has 2 aromatic rings. The molecule has 2 amide bonds. The van der Waals surface area contributed by atoms with Crippen molar-refractivity contribution in [3.05, 3.63) is 82.9 Å². The fraction of sp³-hybridized carbons (Fsp3) is 0.105. The summed E-state index contributed by atoms with van der Waals surface area (Å²) in [4.78, 5) is 13.3. The molecule has 5 nitrogen and oxygen atoms in total. The monoisotopic (exact) mass is 474 g/mol. The minimum absolute atomic E-state index is 0.206. The van der Waals surface area contributed by atoms with Crippen molar-refractivity contribution >= 4 is 50.5 Å². The summed E-state index contributed by atoms with van der Waals surface area (Å²) in [5, 5.41) is 3.09. The van der Waals surface area contributed by atoms with E-state index in [9.17, 15) is 4.79 Å². The summed E-state index contributed by atoms with van der Waals surface area (Å²) in [6, 6.07) is 15.4. The SMILES string of the molecule is O=C(N(NBr)C1C=Cc2ccccc21)N(NBr)C1C=Cc2ccccc21. The van der Waals surface area contributed by atoms with E-state index in [1.807, 2.05) is 72.8 Å². The molecule has 0 aliphatic heterocycles. The first-order valence-corrected chi connectivity index (χ1v) is 9.72. The zero-order valence-electron chi connectivity index (χ0n) is 13.6. The largest absolute Gasteiger partial charge is 0.351 e. The number of rotatable bonds is 4. The summed E-state index contributed by atoms with van der Waals surface area (Å²) >= 11 is 6.50. The highest BCUT2D eigenvalue weighted by molar-refractivity contribution is 9.08. The minimum atomic E-state index is -0.226. The predicted molar refractivity (Wildman–Crippen MR) is 110 cm³/mol. The van der Waals surface area contributed by atoms with Gasteiger partial charge in [-0.25, -0.2) is 14.8 Å². The number of carbonyl (C=O) groups is 1. The lowest BCUT2D eigenvalue weighted by Gasteiger charge is -2.34. The van der Waals surface area contributed by atoms with Crippen LogP contribution in [0.4, 0.5) is 4.79 Å². The average Bonchev–Trinajstić information content (AvgIpc) is 3.29. The second-order valence-electron chi connectivity index (χ2n) is 6.06. The Morgan fingerprint density at radius 2 is 1.19 bits per heavy atom. The molecule has 0 saturated carbocycles. The first kappa shape index (κ1) is 17.5. The van der Waals surface area contributed by atoms with Crippen LogP contribution in [0.3, 0.4) is 0 Å². The molecule has 2 aliphatic rings. The van der Waals surface area contributed by atoms with Gasteiger partial charge in [0.2, 0.25) is 0 Å². The molecule has 2 aromatic carbocycles. The quantitative estimate of drug-likeness (QED) is 0.489. The van der Waals surface area contributed by atoms with Crippen LogP contribution in [0, 0.1) is 0 Å². The van der Waals surface area contributed by atoms with Crippen molar-refractivity contribution in [1.82, 2.24) is 18.9 Å². The van der Waals surface area contributed by atoms with E-state index in [-0.39, 0.29) is 18.1 Å². The Kier molecular flexibility index (Phi) is 4.95. The van der Waals surface area contributed by atoms with E-state index >= 15 is 0 Å². The molecule has 4 rings (SSSR count). The molecular weight excluding hydrogens is 460 g/mol. The number of fused-ring (bicyclic) bond motifs is 2. The first-order valence-electron chi connectivity index (χ1n) is 8.14. The van der Waals surface area contributed by atoms with Crippen LogP contribution in [0.2, 0.25) is 0 Å². The van der Waals surface area contributed by atoms with E-state index in [4.69, 9.17) is 0 Å². The highest BCUT2D eigenvalue weighted by Gasteiger charge is 2.35. The lowest BCUT2D eigenvalue weighted by atomic mass is 10.1. The Balaban J connectivity index is 1.63. The molecule has 2 N–H and O–H groups in total. The molecule has 2 atom stereocenters. The van der Waals surface area contributed by atoms with Gasteiger partial charge in [0.15, 0.2) is 0 Å². The molecule has 0 bridgehead atoms. The van der Waals surface area contributed by atoms with Crippen LogP contribution >= 0.6 is 32.3 Å².